The first-order valence-corrected chi connectivity index (χ1v) is 11.8. The summed E-state index contributed by atoms with van der Waals surface area (Å²) in [6.07, 6.45) is 3.23. The van der Waals surface area contributed by atoms with Gasteiger partial charge in [-0.3, -0.25) is 4.72 Å². The fraction of sp³-hybridized carbons (Fsp3) is 0.421. The van der Waals surface area contributed by atoms with E-state index in [0.717, 1.165) is 36.3 Å². The summed E-state index contributed by atoms with van der Waals surface area (Å²) in [5, 5.41) is 5.25. The molecule has 29 heavy (non-hydrogen) atoms. The van der Waals surface area contributed by atoms with Gasteiger partial charge in [0.25, 0.3) is 10.0 Å². The van der Waals surface area contributed by atoms with Gasteiger partial charge in [0.1, 0.15) is 10.7 Å². The maximum atomic E-state index is 14.7. The number of aromatic nitrogens is 1. The third kappa shape index (κ3) is 4.08. The Morgan fingerprint density at radius 3 is 2.62 bits per heavy atom. The van der Waals surface area contributed by atoms with Crippen molar-refractivity contribution in [3.8, 4) is 11.8 Å². The molecule has 1 aromatic heterocycles. The zero-order valence-corrected chi connectivity index (χ0v) is 18.2. The van der Waals surface area contributed by atoms with Crippen LogP contribution in [-0.4, -0.2) is 44.5 Å². The highest BCUT2D eigenvalue weighted by Gasteiger charge is 2.40. The van der Waals surface area contributed by atoms with Crippen molar-refractivity contribution in [3.63, 3.8) is 0 Å². The molecule has 2 aromatic rings. The first-order valence-electron chi connectivity index (χ1n) is 9.10. The van der Waals surface area contributed by atoms with Crippen LogP contribution in [0, 0.1) is 29.5 Å². The average molecular weight is 455 g/mol. The Labute approximate surface area is 178 Å². The lowest BCUT2D eigenvalue weighted by Crippen LogP contribution is -2.51. The van der Waals surface area contributed by atoms with Crippen LogP contribution in [0.15, 0.2) is 28.6 Å². The highest BCUT2D eigenvalue weighted by atomic mass is 35.5. The van der Waals surface area contributed by atoms with Crippen LogP contribution in [0.1, 0.15) is 12.8 Å². The summed E-state index contributed by atoms with van der Waals surface area (Å²) < 4.78 is 42.0. The van der Waals surface area contributed by atoms with Gasteiger partial charge in [-0.15, -0.1) is 11.3 Å². The van der Waals surface area contributed by atoms with E-state index in [4.69, 9.17) is 11.6 Å². The molecule has 0 bridgehead atoms. The quantitative estimate of drug-likeness (QED) is 0.653. The van der Waals surface area contributed by atoms with Crippen LogP contribution in [0.25, 0.3) is 0 Å². The number of nitrogens with zero attached hydrogens (tertiary/aromatic N) is 2. The number of thiazole rings is 1. The van der Waals surface area contributed by atoms with Crippen LogP contribution in [0.2, 0.25) is 5.02 Å². The first-order chi connectivity index (χ1) is 13.7. The second kappa shape index (κ2) is 7.76. The molecule has 10 heteroatoms. The van der Waals surface area contributed by atoms with Crippen LogP contribution < -0.4 is 10.0 Å². The topological polar surface area (TPSA) is 74.3 Å². The van der Waals surface area contributed by atoms with Crippen molar-refractivity contribution in [1.82, 2.24) is 9.88 Å². The van der Waals surface area contributed by atoms with Gasteiger partial charge in [0.2, 0.25) is 0 Å². The van der Waals surface area contributed by atoms with Crippen molar-refractivity contribution in [2.75, 3.05) is 24.1 Å². The molecule has 0 radical (unpaired) electrons. The number of fused-ring (bicyclic) bond motifs is 1. The Bertz CT molecular complexity index is 1080. The van der Waals surface area contributed by atoms with E-state index in [1.807, 2.05) is 14.1 Å². The van der Waals surface area contributed by atoms with Crippen molar-refractivity contribution >= 4 is 43.8 Å². The van der Waals surface area contributed by atoms with Gasteiger partial charge >= 0.3 is 0 Å². The summed E-state index contributed by atoms with van der Waals surface area (Å²) in [5.41, 5.74) is 0.375. The SMILES string of the molecule is CN(C)[C@@H]1C[C@@H]2C#C[C@@H]2C[C@H]1Nc1cc(F)c(S(=O)(=O)Nc2nccs2)cc1Cl. The lowest BCUT2D eigenvalue weighted by Gasteiger charge is -2.44. The van der Waals surface area contributed by atoms with E-state index in [-0.39, 0.29) is 22.2 Å². The van der Waals surface area contributed by atoms with Gasteiger partial charge in [-0.25, -0.2) is 17.8 Å². The number of nitrogens with one attached hydrogen (secondary N) is 2. The summed E-state index contributed by atoms with van der Waals surface area (Å²) in [5.74, 6) is 6.28. The maximum absolute atomic E-state index is 14.7. The lowest BCUT2D eigenvalue weighted by atomic mass is 9.70. The first kappa shape index (κ1) is 20.4. The smallest absolute Gasteiger partial charge is 0.266 e. The molecule has 2 N–H and O–H groups in total. The second-order valence-corrected chi connectivity index (χ2v) is 10.4. The lowest BCUT2D eigenvalue weighted by molar-refractivity contribution is 0.161. The number of hydrogen-bond donors (Lipinski definition) is 2. The Morgan fingerprint density at radius 1 is 1.28 bits per heavy atom. The molecular formula is C19H20ClFN4O2S2. The molecule has 0 spiro atoms. The molecule has 4 rings (SSSR count). The third-order valence-electron chi connectivity index (χ3n) is 5.38. The molecule has 1 fully saturated rings. The van der Waals surface area contributed by atoms with Gasteiger partial charge < -0.3 is 10.2 Å². The van der Waals surface area contributed by atoms with Gasteiger partial charge in [-0.1, -0.05) is 23.4 Å². The molecule has 1 saturated carbocycles. The maximum Gasteiger partial charge on any atom is 0.266 e. The van der Waals surface area contributed by atoms with Crippen LogP contribution in [-0.2, 0) is 10.0 Å². The summed E-state index contributed by atoms with van der Waals surface area (Å²) in [6, 6.07) is 2.53. The van der Waals surface area contributed by atoms with E-state index in [2.05, 4.69) is 31.8 Å². The highest BCUT2D eigenvalue weighted by molar-refractivity contribution is 7.93. The minimum Gasteiger partial charge on any atom is -0.379 e. The van der Waals surface area contributed by atoms with E-state index in [9.17, 15) is 12.8 Å². The molecular weight excluding hydrogens is 435 g/mol. The zero-order chi connectivity index (χ0) is 20.8. The number of sulfonamides is 1. The van der Waals surface area contributed by atoms with Gasteiger partial charge in [0.15, 0.2) is 5.13 Å². The highest BCUT2D eigenvalue weighted by Crippen LogP contribution is 2.38. The van der Waals surface area contributed by atoms with E-state index < -0.39 is 20.7 Å². The standard InChI is InChI=1S/C19H20ClFN4O2S2/c1-25(2)17-8-12-4-3-11(12)7-16(17)23-15-10-14(21)18(9-13(15)20)29(26,27)24-19-22-5-6-28-19/h5-6,9-12,16-17,23H,7-8H2,1-2H3,(H,22,24)/t11-,12+,16-,17-/m1/s1. The van der Waals surface area contributed by atoms with Crippen LogP contribution in [0.5, 0.6) is 0 Å². The van der Waals surface area contributed by atoms with E-state index in [1.165, 1.54) is 6.20 Å². The van der Waals surface area contributed by atoms with Gasteiger partial charge in [0.05, 0.1) is 10.7 Å². The number of rotatable bonds is 6. The largest absolute Gasteiger partial charge is 0.379 e. The van der Waals surface area contributed by atoms with E-state index >= 15 is 0 Å². The van der Waals surface area contributed by atoms with Crippen molar-refractivity contribution in [3.05, 3.63) is 34.5 Å². The van der Waals surface area contributed by atoms with Gasteiger partial charge in [-0.2, -0.15) is 0 Å². The second-order valence-electron chi connectivity index (χ2n) is 7.46. The fourth-order valence-corrected chi connectivity index (χ4v) is 5.99. The number of halogens is 2. The zero-order valence-electron chi connectivity index (χ0n) is 15.8. The molecule has 1 aromatic carbocycles. The fourth-order valence-electron chi connectivity index (χ4n) is 3.83. The molecule has 1 heterocycles. The minimum atomic E-state index is -4.13. The molecule has 2 aliphatic rings. The monoisotopic (exact) mass is 454 g/mol. The Morgan fingerprint density at radius 2 is 2.00 bits per heavy atom. The van der Waals surface area contributed by atoms with Crippen molar-refractivity contribution in [2.45, 2.75) is 29.8 Å². The van der Waals surface area contributed by atoms with Crippen LogP contribution >= 0.6 is 22.9 Å². The van der Waals surface area contributed by atoms with Crippen molar-refractivity contribution in [1.29, 1.82) is 0 Å². The van der Waals surface area contributed by atoms with Gasteiger partial charge in [-0.05, 0) is 39.1 Å². The number of hydrogen-bond acceptors (Lipinski definition) is 6. The predicted molar refractivity (Wildman–Crippen MR) is 113 cm³/mol. The molecule has 6 nitrogen and oxygen atoms in total. The average Bonchev–Trinajstić information content (AvgIpc) is 3.12. The Hall–Kier alpha value is -1.86. The Kier molecular flexibility index (Phi) is 5.46. The molecule has 0 aliphatic heterocycles. The van der Waals surface area contributed by atoms with Crippen molar-refractivity contribution < 1.29 is 12.8 Å². The van der Waals surface area contributed by atoms with Crippen LogP contribution in [0.4, 0.5) is 15.2 Å². The molecule has 0 amide bonds. The molecule has 154 valence electrons. The molecule has 0 unspecified atom stereocenters. The van der Waals surface area contributed by atoms with Gasteiger partial charge in [0, 0.05) is 35.5 Å². The van der Waals surface area contributed by atoms with Crippen molar-refractivity contribution in [2.24, 2.45) is 11.8 Å². The summed E-state index contributed by atoms with van der Waals surface area (Å²) in [7, 11) is -0.117. The summed E-state index contributed by atoms with van der Waals surface area (Å²) in [6.45, 7) is 0. The van der Waals surface area contributed by atoms with E-state index in [0.29, 0.717) is 17.5 Å². The predicted octanol–water partition coefficient (Wildman–Crippen LogP) is 3.49. The normalized spacial score (nSPS) is 25.6. The number of likely N-dealkylation sites (N-methyl/N-ethyl adjacent to an activating group) is 1. The minimum absolute atomic E-state index is 0.0358. The Balaban J connectivity index is 1.58. The molecule has 4 atom stereocenters. The molecule has 0 saturated heterocycles. The third-order valence-corrected chi connectivity index (χ3v) is 7.86. The number of anilines is 2. The van der Waals surface area contributed by atoms with Crippen LogP contribution in [0.3, 0.4) is 0 Å². The number of benzene rings is 1. The summed E-state index contributed by atoms with van der Waals surface area (Å²) in [4.78, 5) is 5.48. The molecule has 2 aliphatic carbocycles. The van der Waals surface area contributed by atoms with E-state index in [1.54, 1.807) is 5.38 Å². The summed E-state index contributed by atoms with van der Waals surface area (Å²) >= 11 is 7.44.